The molecule has 0 bridgehead atoms. The van der Waals surface area contributed by atoms with Gasteiger partial charge in [0, 0.05) is 0 Å². The van der Waals surface area contributed by atoms with E-state index in [0.29, 0.717) is 6.61 Å². The van der Waals surface area contributed by atoms with Gasteiger partial charge in [0.05, 0.1) is 13.7 Å². The van der Waals surface area contributed by atoms with Crippen molar-refractivity contribution in [2.75, 3.05) is 19.5 Å². The Kier molecular flexibility index (Phi) is 4.64. The summed E-state index contributed by atoms with van der Waals surface area (Å²) in [5.74, 6) is -0.970. The van der Waals surface area contributed by atoms with Crippen LogP contribution in [0.25, 0.3) is 0 Å². The Morgan fingerprint density at radius 2 is 2.11 bits per heavy atom. The molecule has 0 saturated carbocycles. The third-order valence-electron chi connectivity index (χ3n) is 2.01. The summed E-state index contributed by atoms with van der Waals surface area (Å²) in [5, 5.41) is 7.13. The van der Waals surface area contributed by atoms with Gasteiger partial charge in [0.15, 0.2) is 5.82 Å². The summed E-state index contributed by atoms with van der Waals surface area (Å²) in [7, 11) is 1.21. The molecule has 1 aromatic heterocycles. The topological polar surface area (TPSA) is 109 Å². The Labute approximate surface area is 104 Å². The van der Waals surface area contributed by atoms with E-state index in [9.17, 15) is 9.59 Å². The average molecular weight is 256 g/mol. The van der Waals surface area contributed by atoms with Gasteiger partial charge in [0.2, 0.25) is 5.69 Å². The van der Waals surface area contributed by atoms with Crippen LogP contribution in [0.3, 0.4) is 0 Å². The van der Waals surface area contributed by atoms with Crippen LogP contribution in [0, 0.1) is 5.92 Å². The van der Waals surface area contributed by atoms with Crippen molar-refractivity contribution >= 4 is 17.8 Å². The monoisotopic (exact) mass is 256 g/mol. The van der Waals surface area contributed by atoms with Gasteiger partial charge >= 0.3 is 11.9 Å². The Hall–Kier alpha value is -2.12. The molecule has 0 saturated heterocycles. The van der Waals surface area contributed by atoms with Crippen molar-refractivity contribution in [2.45, 2.75) is 20.4 Å². The van der Waals surface area contributed by atoms with Gasteiger partial charge in [-0.25, -0.2) is 9.48 Å². The van der Waals surface area contributed by atoms with Crippen LogP contribution in [0.5, 0.6) is 0 Å². The van der Waals surface area contributed by atoms with Gasteiger partial charge in [-0.05, 0) is 5.92 Å². The molecule has 8 heteroatoms. The standard InChI is InChI=1S/C10H16N4O4/c1-6(2)5-18-7(15)4-14-9(11)8(12-13-14)10(16)17-3/h6H,4-5,11H2,1-3H3. The zero-order valence-corrected chi connectivity index (χ0v) is 10.5. The first kappa shape index (κ1) is 13.9. The summed E-state index contributed by atoms with van der Waals surface area (Å²) in [6, 6.07) is 0. The van der Waals surface area contributed by atoms with E-state index in [1.54, 1.807) is 0 Å². The number of ether oxygens (including phenoxy) is 2. The molecule has 0 aliphatic carbocycles. The number of carbonyl (C=O) groups excluding carboxylic acids is 2. The Morgan fingerprint density at radius 3 is 2.67 bits per heavy atom. The predicted molar refractivity (Wildman–Crippen MR) is 61.6 cm³/mol. The molecule has 0 aliphatic heterocycles. The molecule has 0 unspecified atom stereocenters. The molecule has 0 spiro atoms. The minimum absolute atomic E-state index is 0.0247. The maximum Gasteiger partial charge on any atom is 0.362 e. The zero-order valence-electron chi connectivity index (χ0n) is 10.5. The lowest BCUT2D eigenvalue weighted by molar-refractivity contribution is -0.145. The second-order valence-electron chi connectivity index (χ2n) is 4.05. The van der Waals surface area contributed by atoms with Crippen molar-refractivity contribution < 1.29 is 19.1 Å². The van der Waals surface area contributed by atoms with Crippen molar-refractivity contribution in [1.29, 1.82) is 0 Å². The molecule has 18 heavy (non-hydrogen) atoms. The van der Waals surface area contributed by atoms with Crippen molar-refractivity contribution in [3.05, 3.63) is 5.69 Å². The summed E-state index contributed by atoms with van der Waals surface area (Å²) in [5.41, 5.74) is 5.50. The molecule has 8 nitrogen and oxygen atoms in total. The number of esters is 2. The van der Waals surface area contributed by atoms with Crippen LogP contribution in [0.2, 0.25) is 0 Å². The molecular formula is C10H16N4O4. The molecular weight excluding hydrogens is 240 g/mol. The fourth-order valence-corrected chi connectivity index (χ4v) is 1.11. The van der Waals surface area contributed by atoms with Crippen molar-refractivity contribution in [3.8, 4) is 0 Å². The quantitative estimate of drug-likeness (QED) is 0.729. The van der Waals surface area contributed by atoms with Gasteiger partial charge in [-0.2, -0.15) is 0 Å². The number of nitrogens with zero attached hydrogens (tertiary/aromatic N) is 3. The van der Waals surface area contributed by atoms with E-state index in [1.807, 2.05) is 13.8 Å². The Balaban J connectivity index is 2.66. The summed E-state index contributed by atoms with van der Waals surface area (Å²) in [6.45, 7) is 3.97. The van der Waals surface area contributed by atoms with E-state index in [4.69, 9.17) is 10.5 Å². The van der Waals surface area contributed by atoms with E-state index >= 15 is 0 Å². The highest BCUT2D eigenvalue weighted by Gasteiger charge is 2.19. The van der Waals surface area contributed by atoms with Crippen molar-refractivity contribution in [1.82, 2.24) is 15.0 Å². The van der Waals surface area contributed by atoms with Gasteiger partial charge in [0.1, 0.15) is 6.54 Å². The fourth-order valence-electron chi connectivity index (χ4n) is 1.11. The Bertz CT molecular complexity index is 441. The van der Waals surface area contributed by atoms with E-state index < -0.39 is 11.9 Å². The maximum absolute atomic E-state index is 11.4. The van der Waals surface area contributed by atoms with E-state index in [-0.39, 0.29) is 24.0 Å². The molecule has 1 aromatic rings. The highest BCUT2D eigenvalue weighted by atomic mass is 16.5. The van der Waals surface area contributed by atoms with Gasteiger partial charge < -0.3 is 15.2 Å². The minimum Gasteiger partial charge on any atom is -0.464 e. The van der Waals surface area contributed by atoms with E-state index in [1.165, 1.54) is 7.11 Å². The van der Waals surface area contributed by atoms with E-state index in [0.717, 1.165) is 4.68 Å². The number of nitrogens with two attached hydrogens (primary N) is 1. The third-order valence-corrected chi connectivity index (χ3v) is 2.01. The second-order valence-corrected chi connectivity index (χ2v) is 4.05. The minimum atomic E-state index is -0.700. The molecule has 0 aromatic carbocycles. The number of rotatable bonds is 5. The first-order valence-corrected chi connectivity index (χ1v) is 5.38. The molecule has 0 fully saturated rings. The molecule has 0 atom stereocenters. The van der Waals surface area contributed by atoms with Crippen LogP contribution < -0.4 is 5.73 Å². The van der Waals surface area contributed by atoms with E-state index in [2.05, 4.69) is 15.0 Å². The van der Waals surface area contributed by atoms with Crippen molar-refractivity contribution in [2.24, 2.45) is 5.92 Å². The summed E-state index contributed by atoms with van der Waals surface area (Å²) >= 11 is 0. The number of hydrogen-bond acceptors (Lipinski definition) is 7. The van der Waals surface area contributed by atoms with Crippen LogP contribution in [0.4, 0.5) is 5.82 Å². The highest BCUT2D eigenvalue weighted by Crippen LogP contribution is 2.08. The molecule has 100 valence electrons. The van der Waals surface area contributed by atoms with Gasteiger partial charge in [-0.15, -0.1) is 5.10 Å². The number of nitrogen functional groups attached to an aromatic ring is 1. The van der Waals surface area contributed by atoms with Gasteiger partial charge in [-0.3, -0.25) is 4.79 Å². The van der Waals surface area contributed by atoms with Crippen molar-refractivity contribution in [3.63, 3.8) is 0 Å². The Morgan fingerprint density at radius 1 is 1.44 bits per heavy atom. The summed E-state index contributed by atoms with van der Waals surface area (Å²) in [4.78, 5) is 22.6. The number of methoxy groups -OCH3 is 1. The smallest absolute Gasteiger partial charge is 0.362 e. The average Bonchev–Trinajstić information content (AvgIpc) is 2.67. The molecule has 2 N–H and O–H groups in total. The van der Waals surface area contributed by atoms with Gasteiger partial charge in [0.25, 0.3) is 0 Å². The number of aromatic nitrogens is 3. The predicted octanol–water partition coefficient (Wildman–Crippen LogP) is -0.154. The zero-order chi connectivity index (χ0) is 13.7. The van der Waals surface area contributed by atoms with Crippen LogP contribution in [-0.4, -0.2) is 40.6 Å². The highest BCUT2D eigenvalue weighted by molar-refractivity contribution is 5.91. The molecule has 0 amide bonds. The van der Waals surface area contributed by atoms with Crippen LogP contribution in [0.15, 0.2) is 0 Å². The summed E-state index contributed by atoms with van der Waals surface area (Å²) in [6.07, 6.45) is 0. The first-order chi connectivity index (χ1) is 8.45. The third kappa shape index (κ3) is 3.44. The SMILES string of the molecule is COC(=O)c1nnn(CC(=O)OCC(C)C)c1N. The molecule has 1 heterocycles. The fraction of sp³-hybridized carbons (Fsp3) is 0.600. The maximum atomic E-state index is 11.4. The van der Waals surface area contributed by atoms with Crippen LogP contribution >= 0.6 is 0 Å². The number of carbonyl (C=O) groups is 2. The number of hydrogen-bond donors (Lipinski definition) is 1. The first-order valence-electron chi connectivity index (χ1n) is 5.38. The lowest BCUT2D eigenvalue weighted by Gasteiger charge is -2.07. The largest absolute Gasteiger partial charge is 0.464 e. The molecule has 1 rings (SSSR count). The lowest BCUT2D eigenvalue weighted by atomic mass is 10.2. The molecule has 0 radical (unpaired) electrons. The lowest BCUT2D eigenvalue weighted by Crippen LogP contribution is -2.18. The molecule has 0 aliphatic rings. The normalized spacial score (nSPS) is 10.4. The summed E-state index contributed by atoms with van der Waals surface area (Å²) < 4.78 is 10.5. The number of anilines is 1. The second kappa shape index (κ2) is 5.99. The van der Waals surface area contributed by atoms with Crippen LogP contribution in [0.1, 0.15) is 24.3 Å². The van der Waals surface area contributed by atoms with Gasteiger partial charge in [-0.1, -0.05) is 19.1 Å². The van der Waals surface area contributed by atoms with Crippen LogP contribution in [-0.2, 0) is 20.8 Å².